The summed E-state index contributed by atoms with van der Waals surface area (Å²) in [5.74, 6) is 0. The van der Waals surface area contributed by atoms with E-state index in [9.17, 15) is 20.4 Å². The van der Waals surface area contributed by atoms with E-state index in [4.69, 9.17) is 14.2 Å². The Morgan fingerprint density at radius 3 is 2.38 bits per heavy atom. The third-order valence-corrected chi connectivity index (χ3v) is 4.38. The fraction of sp³-hybridized carbons (Fsp3) is 0.875. The van der Waals surface area contributed by atoms with Gasteiger partial charge in [0.15, 0.2) is 6.29 Å². The van der Waals surface area contributed by atoms with Gasteiger partial charge in [0.1, 0.15) is 24.4 Å². The largest absolute Gasteiger partial charge is 0.394 e. The number of aliphatic hydroxyl groups excluding tert-OH is 4. The molecule has 0 radical (unpaired) electrons. The zero-order chi connectivity index (χ0) is 18.3. The van der Waals surface area contributed by atoms with Crippen LogP contribution in [0.25, 0.3) is 0 Å². The van der Waals surface area contributed by atoms with Crippen molar-refractivity contribution in [2.75, 3.05) is 33.9 Å². The highest BCUT2D eigenvalue weighted by Gasteiger charge is 2.44. The molecule has 0 amide bonds. The predicted octanol–water partition coefficient (Wildman–Crippen LogP) is -1.29. The van der Waals surface area contributed by atoms with Gasteiger partial charge in [0.25, 0.3) is 0 Å². The average Bonchev–Trinajstić information content (AvgIpc) is 2.60. The molecule has 1 aliphatic rings. The molecular weight excluding hydrogens is 318 g/mol. The number of ether oxygens (including phenoxy) is 3. The van der Waals surface area contributed by atoms with Crippen LogP contribution in [0.4, 0.5) is 0 Å². The number of methoxy groups -OCH3 is 1. The molecule has 8 nitrogen and oxygen atoms in total. The standard InChI is InChI=1S/C16H31NO7/c1-5-7-11(22-4)10(17(3)6-2)9-23-16-15(21)14(20)13(19)12(8-18)24-16/h5,7,10-16,18-21H,6,8-9H2,1-4H3/b7-5+/t10-,11-,12?,13+,14?,15-,16+/m0/s1. The van der Waals surface area contributed by atoms with Crippen molar-refractivity contribution >= 4 is 0 Å². The lowest BCUT2D eigenvalue weighted by Gasteiger charge is -2.41. The lowest BCUT2D eigenvalue weighted by Crippen LogP contribution is -2.59. The Kier molecular flexibility index (Phi) is 9.32. The normalized spacial score (nSPS) is 34.0. The molecule has 142 valence electrons. The van der Waals surface area contributed by atoms with Crippen LogP contribution in [-0.2, 0) is 14.2 Å². The summed E-state index contributed by atoms with van der Waals surface area (Å²) in [7, 11) is 3.53. The molecule has 4 N–H and O–H groups in total. The quantitative estimate of drug-likeness (QED) is 0.381. The first-order chi connectivity index (χ1) is 11.4. The third kappa shape index (κ3) is 5.21. The van der Waals surface area contributed by atoms with Crippen molar-refractivity contribution in [1.29, 1.82) is 0 Å². The lowest BCUT2D eigenvalue weighted by molar-refractivity contribution is -0.304. The van der Waals surface area contributed by atoms with E-state index >= 15 is 0 Å². The number of hydrogen-bond donors (Lipinski definition) is 4. The van der Waals surface area contributed by atoms with E-state index in [2.05, 4.69) is 0 Å². The highest BCUT2D eigenvalue weighted by molar-refractivity contribution is 4.95. The van der Waals surface area contributed by atoms with Crippen LogP contribution in [0.15, 0.2) is 12.2 Å². The van der Waals surface area contributed by atoms with E-state index in [1.165, 1.54) is 0 Å². The Bertz CT molecular complexity index is 379. The van der Waals surface area contributed by atoms with Crippen molar-refractivity contribution < 1.29 is 34.6 Å². The van der Waals surface area contributed by atoms with Gasteiger partial charge in [-0.3, -0.25) is 4.90 Å². The van der Waals surface area contributed by atoms with Gasteiger partial charge in [-0.05, 0) is 20.5 Å². The summed E-state index contributed by atoms with van der Waals surface area (Å²) in [6.45, 7) is 4.36. The van der Waals surface area contributed by atoms with E-state index in [1.807, 2.05) is 37.9 Å². The van der Waals surface area contributed by atoms with Crippen molar-refractivity contribution in [3.8, 4) is 0 Å². The Balaban J connectivity index is 2.77. The number of likely N-dealkylation sites (N-methyl/N-ethyl adjacent to an activating group) is 1. The molecule has 1 aliphatic heterocycles. The second-order valence-electron chi connectivity index (χ2n) is 5.90. The Morgan fingerprint density at radius 2 is 1.88 bits per heavy atom. The monoisotopic (exact) mass is 349 g/mol. The summed E-state index contributed by atoms with van der Waals surface area (Å²) < 4.78 is 16.5. The molecule has 0 spiro atoms. The van der Waals surface area contributed by atoms with Gasteiger partial charge in [-0.25, -0.2) is 0 Å². The van der Waals surface area contributed by atoms with E-state index in [-0.39, 0.29) is 18.8 Å². The van der Waals surface area contributed by atoms with Gasteiger partial charge in [-0.15, -0.1) is 0 Å². The molecule has 0 aromatic heterocycles. The van der Waals surface area contributed by atoms with Gasteiger partial charge in [0.05, 0.1) is 25.4 Å². The summed E-state index contributed by atoms with van der Waals surface area (Å²) in [4.78, 5) is 2.04. The van der Waals surface area contributed by atoms with E-state index in [0.29, 0.717) is 0 Å². The molecule has 1 saturated heterocycles. The molecule has 7 atom stereocenters. The van der Waals surface area contributed by atoms with Crippen molar-refractivity contribution in [2.24, 2.45) is 0 Å². The minimum atomic E-state index is -1.45. The fourth-order valence-corrected chi connectivity index (χ4v) is 2.66. The zero-order valence-electron chi connectivity index (χ0n) is 14.8. The molecular formula is C16H31NO7. The number of nitrogens with zero attached hydrogens (tertiary/aromatic N) is 1. The molecule has 2 unspecified atom stereocenters. The zero-order valence-corrected chi connectivity index (χ0v) is 14.8. The molecule has 1 fully saturated rings. The molecule has 8 heteroatoms. The van der Waals surface area contributed by atoms with E-state index in [0.717, 1.165) is 6.54 Å². The highest BCUT2D eigenvalue weighted by Crippen LogP contribution is 2.22. The van der Waals surface area contributed by atoms with Crippen LogP contribution in [-0.4, -0.2) is 102 Å². The minimum absolute atomic E-state index is 0.136. The van der Waals surface area contributed by atoms with E-state index < -0.39 is 37.3 Å². The molecule has 24 heavy (non-hydrogen) atoms. The van der Waals surface area contributed by atoms with Crippen molar-refractivity contribution in [2.45, 2.75) is 56.7 Å². The first kappa shape index (κ1) is 21.5. The van der Waals surface area contributed by atoms with Crippen LogP contribution in [0.3, 0.4) is 0 Å². The van der Waals surface area contributed by atoms with Crippen molar-refractivity contribution in [1.82, 2.24) is 4.90 Å². The Morgan fingerprint density at radius 1 is 1.21 bits per heavy atom. The summed E-state index contributed by atoms with van der Waals surface area (Å²) in [5.41, 5.74) is 0. The van der Waals surface area contributed by atoms with Crippen LogP contribution in [0.5, 0.6) is 0 Å². The summed E-state index contributed by atoms with van der Waals surface area (Å²) in [5, 5.41) is 38.8. The first-order valence-electron chi connectivity index (χ1n) is 8.19. The molecule has 1 rings (SSSR count). The maximum atomic E-state index is 10.0. The first-order valence-corrected chi connectivity index (χ1v) is 8.19. The topological polar surface area (TPSA) is 112 Å². The summed E-state index contributed by atoms with van der Waals surface area (Å²) >= 11 is 0. The summed E-state index contributed by atoms with van der Waals surface area (Å²) in [6, 6.07) is -0.136. The lowest BCUT2D eigenvalue weighted by atomic mass is 9.99. The number of allylic oxidation sites excluding steroid dienone is 1. The Hall–Kier alpha value is -0.580. The predicted molar refractivity (Wildman–Crippen MR) is 87.4 cm³/mol. The van der Waals surface area contributed by atoms with Gasteiger partial charge < -0.3 is 34.6 Å². The molecule has 1 heterocycles. The van der Waals surface area contributed by atoms with Gasteiger partial charge in [-0.1, -0.05) is 19.1 Å². The minimum Gasteiger partial charge on any atom is -0.394 e. The van der Waals surface area contributed by atoms with Gasteiger partial charge in [0, 0.05) is 7.11 Å². The van der Waals surface area contributed by atoms with Gasteiger partial charge >= 0.3 is 0 Å². The average molecular weight is 349 g/mol. The van der Waals surface area contributed by atoms with Crippen LogP contribution < -0.4 is 0 Å². The second kappa shape index (κ2) is 10.4. The number of hydrogen-bond acceptors (Lipinski definition) is 8. The van der Waals surface area contributed by atoms with Crippen LogP contribution in [0.2, 0.25) is 0 Å². The SMILES string of the molecule is C/C=C/[C@H](OC)[C@H](CO[C@@H]1OC(CO)[C@@H](O)C(O)[C@@H]1O)N(C)CC. The van der Waals surface area contributed by atoms with Crippen LogP contribution >= 0.6 is 0 Å². The molecule has 0 aromatic rings. The van der Waals surface area contributed by atoms with E-state index in [1.54, 1.807) is 7.11 Å². The maximum absolute atomic E-state index is 10.0. The third-order valence-electron chi connectivity index (χ3n) is 4.38. The van der Waals surface area contributed by atoms with Gasteiger partial charge in [0.2, 0.25) is 0 Å². The fourth-order valence-electron chi connectivity index (χ4n) is 2.66. The molecule has 0 aromatic carbocycles. The molecule has 0 bridgehead atoms. The number of rotatable bonds is 9. The highest BCUT2D eigenvalue weighted by atomic mass is 16.7. The number of aliphatic hydroxyl groups is 4. The maximum Gasteiger partial charge on any atom is 0.186 e. The van der Waals surface area contributed by atoms with Crippen molar-refractivity contribution in [3.05, 3.63) is 12.2 Å². The van der Waals surface area contributed by atoms with Crippen LogP contribution in [0, 0.1) is 0 Å². The molecule has 0 aliphatic carbocycles. The molecule has 0 saturated carbocycles. The Labute approximate surface area is 143 Å². The van der Waals surface area contributed by atoms with Gasteiger partial charge in [-0.2, -0.15) is 0 Å². The summed E-state index contributed by atoms with van der Waals surface area (Å²) in [6.07, 6.45) is -2.79. The second-order valence-corrected chi connectivity index (χ2v) is 5.90. The van der Waals surface area contributed by atoms with Crippen LogP contribution in [0.1, 0.15) is 13.8 Å². The smallest absolute Gasteiger partial charge is 0.186 e. The van der Waals surface area contributed by atoms with Crippen molar-refractivity contribution in [3.63, 3.8) is 0 Å².